The molecule has 15 heteroatoms. The Bertz CT molecular complexity index is 1640. The molecule has 3 atom stereocenters. The number of amides is 3. The predicted molar refractivity (Wildman–Crippen MR) is 158 cm³/mol. The minimum absolute atomic E-state index is 0.00312. The molecule has 0 fully saturated rings. The molecule has 0 spiro atoms. The van der Waals surface area contributed by atoms with Gasteiger partial charge in [0.2, 0.25) is 0 Å². The lowest BCUT2D eigenvalue weighted by atomic mass is 9.99. The van der Waals surface area contributed by atoms with E-state index in [9.17, 15) is 40.7 Å². The van der Waals surface area contributed by atoms with Gasteiger partial charge < -0.3 is 25.0 Å². The van der Waals surface area contributed by atoms with Gasteiger partial charge in [-0.25, -0.2) is 17.6 Å². The van der Waals surface area contributed by atoms with Gasteiger partial charge in [0.05, 0.1) is 40.9 Å². The summed E-state index contributed by atoms with van der Waals surface area (Å²) in [5.41, 5.74) is -0.824. The van der Waals surface area contributed by atoms with Crippen LogP contribution in [0.25, 0.3) is 0 Å². The summed E-state index contributed by atoms with van der Waals surface area (Å²) < 4.78 is 87.2. The van der Waals surface area contributed by atoms with E-state index in [1.54, 1.807) is 13.8 Å². The molecule has 0 unspecified atom stereocenters. The summed E-state index contributed by atoms with van der Waals surface area (Å²) in [6.45, 7) is 3.08. The smallest absolute Gasteiger partial charge is 0.416 e. The highest BCUT2D eigenvalue weighted by molar-refractivity contribution is 7.92. The summed E-state index contributed by atoms with van der Waals surface area (Å²) in [6.07, 6.45) is -5.36. The highest BCUT2D eigenvalue weighted by Gasteiger charge is 2.36. The molecule has 0 bridgehead atoms. The van der Waals surface area contributed by atoms with E-state index in [-0.39, 0.29) is 47.3 Å². The highest BCUT2D eigenvalue weighted by atomic mass is 32.2. The number of halogens is 4. The first-order valence-corrected chi connectivity index (χ1v) is 15.3. The largest absolute Gasteiger partial charge is 0.485 e. The first kappa shape index (κ1) is 33.5. The standard InChI is InChI=1S/C30H32F4N4O6S/c1-18-15-38(19(2)17-39)28(40)24-5-4-6-25(36-45(42,43)23-13-9-21(31)10-14-23)27(24)44-26(18)16-37(3)29(41)35-22-11-7-20(8-12-22)30(32,33)34/h4-14,18-19,26,36,39H,15-17H2,1-3H3,(H,35,41)/t18-,19+,26-/m0/s1. The first-order valence-electron chi connectivity index (χ1n) is 13.8. The van der Waals surface area contributed by atoms with Crippen LogP contribution >= 0.6 is 0 Å². The molecule has 1 heterocycles. The maximum atomic E-state index is 13.7. The fourth-order valence-corrected chi connectivity index (χ4v) is 5.74. The van der Waals surface area contributed by atoms with E-state index in [1.165, 1.54) is 35.0 Å². The number of sulfonamides is 1. The lowest BCUT2D eigenvalue weighted by Gasteiger charge is -2.38. The molecule has 0 radical (unpaired) electrons. The van der Waals surface area contributed by atoms with Crippen LogP contribution in [0.5, 0.6) is 5.75 Å². The van der Waals surface area contributed by atoms with Crippen molar-refractivity contribution >= 4 is 33.3 Å². The monoisotopic (exact) mass is 652 g/mol. The second-order valence-electron chi connectivity index (χ2n) is 10.8. The number of carbonyl (C=O) groups is 2. The van der Waals surface area contributed by atoms with E-state index in [1.807, 2.05) is 0 Å². The van der Waals surface area contributed by atoms with Gasteiger partial charge in [0, 0.05) is 25.2 Å². The SMILES string of the molecule is C[C@H](CO)N1C[C@H](C)[C@H](CN(C)C(=O)Nc2ccc(C(F)(F)F)cc2)Oc2c(NS(=O)(=O)c3ccc(F)cc3)cccc2C1=O. The average molecular weight is 653 g/mol. The van der Waals surface area contributed by atoms with Crippen molar-refractivity contribution in [3.63, 3.8) is 0 Å². The second kappa shape index (κ2) is 13.3. The number of nitrogens with one attached hydrogen (secondary N) is 2. The van der Waals surface area contributed by atoms with Crippen LogP contribution in [0.4, 0.5) is 33.7 Å². The predicted octanol–water partition coefficient (Wildman–Crippen LogP) is 5.03. The van der Waals surface area contributed by atoms with Crippen LogP contribution < -0.4 is 14.8 Å². The van der Waals surface area contributed by atoms with Crippen molar-refractivity contribution < 1.29 is 45.4 Å². The van der Waals surface area contributed by atoms with Crippen LogP contribution in [0.2, 0.25) is 0 Å². The Labute approximate surface area is 257 Å². The molecule has 242 valence electrons. The molecular weight excluding hydrogens is 620 g/mol. The van der Waals surface area contributed by atoms with E-state index in [0.717, 1.165) is 48.5 Å². The molecule has 0 saturated carbocycles. The molecule has 3 aromatic carbocycles. The second-order valence-corrected chi connectivity index (χ2v) is 12.4. The summed E-state index contributed by atoms with van der Waals surface area (Å²) in [7, 11) is -2.82. The van der Waals surface area contributed by atoms with Crippen molar-refractivity contribution in [2.45, 2.75) is 37.1 Å². The maximum absolute atomic E-state index is 13.7. The lowest BCUT2D eigenvalue weighted by molar-refractivity contribution is -0.137. The van der Waals surface area contributed by atoms with Gasteiger partial charge in [-0.15, -0.1) is 0 Å². The van der Waals surface area contributed by atoms with Gasteiger partial charge in [0.25, 0.3) is 15.9 Å². The number of aliphatic hydroxyl groups excluding tert-OH is 1. The molecule has 3 N–H and O–H groups in total. The normalized spacial score (nSPS) is 17.8. The topological polar surface area (TPSA) is 128 Å². The summed E-state index contributed by atoms with van der Waals surface area (Å²) in [6, 6.07) is 11.1. The summed E-state index contributed by atoms with van der Waals surface area (Å²) >= 11 is 0. The third kappa shape index (κ3) is 7.84. The Morgan fingerprint density at radius 3 is 2.36 bits per heavy atom. The number of fused-ring (bicyclic) bond motifs is 1. The summed E-state index contributed by atoms with van der Waals surface area (Å²) in [5.74, 6) is -1.72. The van der Waals surface area contributed by atoms with Crippen molar-refractivity contribution in [2.75, 3.05) is 36.8 Å². The summed E-state index contributed by atoms with van der Waals surface area (Å²) in [4.78, 5) is 29.1. The Morgan fingerprint density at radius 2 is 1.76 bits per heavy atom. The van der Waals surface area contributed by atoms with Crippen LogP contribution in [0.3, 0.4) is 0 Å². The van der Waals surface area contributed by atoms with Gasteiger partial charge in [0.1, 0.15) is 11.9 Å². The molecule has 0 aliphatic carbocycles. The molecular formula is C30H32F4N4O6S. The molecule has 10 nitrogen and oxygen atoms in total. The van der Waals surface area contributed by atoms with Crippen molar-refractivity contribution in [3.05, 3.63) is 83.7 Å². The number of benzene rings is 3. The van der Waals surface area contributed by atoms with E-state index in [4.69, 9.17) is 4.74 Å². The molecule has 0 saturated heterocycles. The fourth-order valence-electron chi connectivity index (χ4n) is 4.67. The number of ether oxygens (including phenoxy) is 1. The van der Waals surface area contributed by atoms with Gasteiger partial charge in [-0.1, -0.05) is 13.0 Å². The Morgan fingerprint density at radius 1 is 1.11 bits per heavy atom. The number of rotatable bonds is 8. The van der Waals surface area contributed by atoms with Gasteiger partial charge in [-0.2, -0.15) is 13.2 Å². The number of para-hydroxylation sites is 1. The Kier molecular flexibility index (Phi) is 9.92. The molecule has 1 aliphatic rings. The van der Waals surface area contributed by atoms with Crippen LogP contribution in [0, 0.1) is 11.7 Å². The van der Waals surface area contributed by atoms with Crippen LogP contribution in [-0.4, -0.2) is 74.2 Å². The fraction of sp³-hybridized carbons (Fsp3) is 0.333. The number of urea groups is 1. The summed E-state index contributed by atoms with van der Waals surface area (Å²) in [5, 5.41) is 12.4. The molecule has 3 aromatic rings. The number of carbonyl (C=O) groups excluding carboxylic acids is 2. The van der Waals surface area contributed by atoms with E-state index < -0.39 is 57.6 Å². The van der Waals surface area contributed by atoms with Crippen molar-refractivity contribution in [1.29, 1.82) is 0 Å². The average Bonchev–Trinajstić information content (AvgIpc) is 2.98. The number of likely N-dealkylation sites (N-methyl/N-ethyl adjacent to an activating group) is 1. The zero-order valence-electron chi connectivity index (χ0n) is 24.5. The molecule has 3 amide bonds. The minimum atomic E-state index is -4.53. The minimum Gasteiger partial charge on any atom is -0.485 e. The van der Waals surface area contributed by atoms with Gasteiger partial charge in [-0.3, -0.25) is 9.52 Å². The van der Waals surface area contributed by atoms with E-state index >= 15 is 0 Å². The van der Waals surface area contributed by atoms with E-state index in [2.05, 4.69) is 10.0 Å². The van der Waals surface area contributed by atoms with Crippen LogP contribution in [0.1, 0.15) is 29.8 Å². The highest BCUT2D eigenvalue weighted by Crippen LogP contribution is 2.36. The number of hydrogen-bond donors (Lipinski definition) is 3. The zero-order chi connectivity index (χ0) is 33.1. The van der Waals surface area contributed by atoms with Crippen molar-refractivity contribution in [3.8, 4) is 5.75 Å². The van der Waals surface area contributed by atoms with Gasteiger partial charge in [0.15, 0.2) is 5.75 Å². The van der Waals surface area contributed by atoms with Crippen molar-refractivity contribution in [2.24, 2.45) is 5.92 Å². The third-order valence-electron chi connectivity index (χ3n) is 7.32. The first-order chi connectivity index (χ1) is 21.1. The van der Waals surface area contributed by atoms with Gasteiger partial charge in [-0.05, 0) is 67.6 Å². The van der Waals surface area contributed by atoms with E-state index in [0.29, 0.717) is 0 Å². The molecule has 1 aliphatic heterocycles. The number of nitrogens with zero attached hydrogens (tertiary/aromatic N) is 2. The molecule has 45 heavy (non-hydrogen) atoms. The van der Waals surface area contributed by atoms with Crippen LogP contribution in [-0.2, 0) is 16.2 Å². The Hall–Kier alpha value is -4.37. The number of alkyl halides is 3. The zero-order valence-corrected chi connectivity index (χ0v) is 25.3. The number of anilines is 2. The van der Waals surface area contributed by atoms with Crippen molar-refractivity contribution in [1.82, 2.24) is 9.80 Å². The molecule has 4 rings (SSSR count). The maximum Gasteiger partial charge on any atom is 0.416 e. The number of hydrogen-bond acceptors (Lipinski definition) is 6. The van der Waals surface area contributed by atoms with Gasteiger partial charge >= 0.3 is 12.2 Å². The quantitative estimate of drug-likeness (QED) is 0.293. The Balaban J connectivity index is 1.64. The lowest BCUT2D eigenvalue weighted by Crippen LogP contribution is -2.50. The van der Waals surface area contributed by atoms with Crippen LogP contribution in [0.15, 0.2) is 71.6 Å². The third-order valence-corrected chi connectivity index (χ3v) is 8.70. The molecule has 0 aromatic heterocycles. The number of aliphatic hydroxyl groups is 1.